The number of nitrogens with zero attached hydrogens (tertiary/aromatic N) is 1. The van der Waals surface area contributed by atoms with Gasteiger partial charge in [-0.15, -0.1) is 0 Å². The quantitative estimate of drug-likeness (QED) is 0.809. The number of piperidine rings is 1. The molecule has 0 bridgehead atoms. The van der Waals surface area contributed by atoms with Gasteiger partial charge in [-0.2, -0.15) is 0 Å². The van der Waals surface area contributed by atoms with E-state index in [1.807, 2.05) is 12.1 Å². The second-order valence-corrected chi connectivity index (χ2v) is 8.85. The number of benzene rings is 2. The molecule has 0 unspecified atom stereocenters. The lowest BCUT2D eigenvalue weighted by molar-refractivity contribution is -0.137. The van der Waals surface area contributed by atoms with Gasteiger partial charge in [0, 0.05) is 25.8 Å². The Bertz CT molecular complexity index is 862. The molecule has 1 amide bonds. The molecule has 4 nitrogen and oxygen atoms in total. The van der Waals surface area contributed by atoms with Gasteiger partial charge >= 0.3 is 0 Å². The third kappa shape index (κ3) is 4.90. The van der Waals surface area contributed by atoms with Crippen LogP contribution < -0.4 is 5.32 Å². The highest BCUT2D eigenvalue weighted by Gasteiger charge is 2.41. The molecule has 2 aromatic carbocycles. The molecular formula is C25H31FN2O2. The Kier molecular flexibility index (Phi) is 6.49. The van der Waals surface area contributed by atoms with Crippen molar-refractivity contribution in [2.24, 2.45) is 5.41 Å². The monoisotopic (exact) mass is 410 g/mol. The molecule has 4 rings (SSSR count). The largest absolute Gasteiger partial charge is 0.381 e. The van der Waals surface area contributed by atoms with Gasteiger partial charge in [-0.1, -0.05) is 36.4 Å². The molecule has 5 heteroatoms. The molecule has 0 aromatic heterocycles. The molecule has 2 heterocycles. The first-order chi connectivity index (χ1) is 14.5. The van der Waals surface area contributed by atoms with Crippen LogP contribution >= 0.6 is 0 Å². The number of ether oxygens (including phenoxy) is 1. The normalized spacial score (nSPS) is 21.9. The van der Waals surface area contributed by atoms with Crippen LogP contribution in [-0.2, 0) is 16.0 Å². The Morgan fingerprint density at radius 2 is 1.93 bits per heavy atom. The molecule has 30 heavy (non-hydrogen) atoms. The molecule has 1 atom stereocenters. The van der Waals surface area contributed by atoms with Crippen LogP contribution in [0, 0.1) is 11.2 Å². The van der Waals surface area contributed by atoms with Crippen LogP contribution in [0.5, 0.6) is 0 Å². The number of hydrogen-bond donors (Lipinski definition) is 1. The number of carbonyl (C=O) groups is 1. The fourth-order valence-corrected chi connectivity index (χ4v) is 4.76. The number of likely N-dealkylation sites (tertiary alicyclic amines) is 1. The molecule has 2 saturated heterocycles. The van der Waals surface area contributed by atoms with Gasteiger partial charge in [-0.05, 0) is 74.5 Å². The van der Waals surface area contributed by atoms with E-state index in [4.69, 9.17) is 4.74 Å². The summed E-state index contributed by atoms with van der Waals surface area (Å²) in [5.41, 5.74) is 2.73. The van der Waals surface area contributed by atoms with E-state index in [1.54, 1.807) is 12.1 Å². The third-order valence-electron chi connectivity index (χ3n) is 6.54. The van der Waals surface area contributed by atoms with Crippen LogP contribution in [0.3, 0.4) is 0 Å². The van der Waals surface area contributed by atoms with E-state index in [9.17, 15) is 9.18 Å². The van der Waals surface area contributed by atoms with Crippen molar-refractivity contribution in [2.75, 3.05) is 33.4 Å². The van der Waals surface area contributed by atoms with Crippen molar-refractivity contribution in [1.29, 1.82) is 0 Å². The van der Waals surface area contributed by atoms with E-state index in [0.717, 1.165) is 55.5 Å². The lowest BCUT2D eigenvalue weighted by Gasteiger charge is -2.39. The van der Waals surface area contributed by atoms with E-state index >= 15 is 0 Å². The van der Waals surface area contributed by atoms with Gasteiger partial charge in [0.2, 0.25) is 5.91 Å². The first-order valence-electron chi connectivity index (χ1n) is 11.0. The molecule has 2 aliphatic heterocycles. The fourth-order valence-electron chi connectivity index (χ4n) is 4.76. The number of nitrogens with one attached hydrogen (secondary N) is 1. The number of carbonyl (C=O) groups excluding carboxylic acids is 1. The number of amides is 1. The highest BCUT2D eigenvalue weighted by Crippen LogP contribution is 2.36. The second-order valence-electron chi connectivity index (χ2n) is 8.85. The molecule has 2 aromatic rings. The zero-order valence-electron chi connectivity index (χ0n) is 17.7. The van der Waals surface area contributed by atoms with E-state index in [-0.39, 0.29) is 17.8 Å². The summed E-state index contributed by atoms with van der Waals surface area (Å²) in [6.07, 6.45) is 4.34. The Morgan fingerprint density at radius 3 is 2.67 bits per heavy atom. The van der Waals surface area contributed by atoms with E-state index in [1.165, 1.54) is 12.1 Å². The molecule has 0 saturated carbocycles. The van der Waals surface area contributed by atoms with Crippen LogP contribution in [0.25, 0.3) is 11.1 Å². The van der Waals surface area contributed by atoms with Crippen LogP contribution in [0.2, 0.25) is 0 Å². The van der Waals surface area contributed by atoms with Crippen molar-refractivity contribution in [2.45, 2.75) is 38.1 Å². The molecule has 0 aliphatic carbocycles. The number of rotatable bonds is 5. The smallest absolute Gasteiger partial charge is 0.226 e. The fraction of sp³-hybridized carbons (Fsp3) is 0.480. The molecule has 0 spiro atoms. The minimum absolute atomic E-state index is 0.165. The summed E-state index contributed by atoms with van der Waals surface area (Å²) in [7, 11) is 2.11. The SMILES string of the molecule is CN1CCC[C@@H](NC(=O)C2(Cc3cccc(-c4ccc(F)cc4)c3)CCOCC2)C1. The van der Waals surface area contributed by atoms with Crippen molar-refractivity contribution in [3.8, 4) is 11.1 Å². The van der Waals surface area contributed by atoms with Crippen molar-refractivity contribution in [1.82, 2.24) is 10.2 Å². The second kappa shape index (κ2) is 9.27. The van der Waals surface area contributed by atoms with Gasteiger partial charge in [0.25, 0.3) is 0 Å². The number of likely N-dealkylation sites (N-methyl/N-ethyl adjacent to an activating group) is 1. The van der Waals surface area contributed by atoms with Gasteiger partial charge in [0.05, 0.1) is 5.41 Å². The summed E-state index contributed by atoms with van der Waals surface area (Å²) < 4.78 is 18.9. The third-order valence-corrected chi connectivity index (χ3v) is 6.54. The molecular weight excluding hydrogens is 379 g/mol. The summed E-state index contributed by atoms with van der Waals surface area (Å²) in [6.45, 7) is 3.26. The highest BCUT2D eigenvalue weighted by atomic mass is 19.1. The summed E-state index contributed by atoms with van der Waals surface area (Å²) in [6, 6.07) is 15.1. The lowest BCUT2D eigenvalue weighted by Crippen LogP contribution is -2.53. The number of hydrogen-bond acceptors (Lipinski definition) is 3. The van der Waals surface area contributed by atoms with Crippen molar-refractivity contribution in [3.63, 3.8) is 0 Å². The molecule has 160 valence electrons. The Balaban J connectivity index is 1.53. The highest BCUT2D eigenvalue weighted by molar-refractivity contribution is 5.83. The van der Waals surface area contributed by atoms with Gasteiger partial charge < -0.3 is 15.0 Å². The van der Waals surface area contributed by atoms with Crippen molar-refractivity contribution in [3.05, 3.63) is 59.9 Å². The minimum Gasteiger partial charge on any atom is -0.381 e. The lowest BCUT2D eigenvalue weighted by atomic mass is 9.74. The van der Waals surface area contributed by atoms with Gasteiger partial charge in [-0.25, -0.2) is 4.39 Å². The molecule has 1 N–H and O–H groups in total. The maximum atomic E-state index is 13.5. The van der Waals surface area contributed by atoms with Crippen molar-refractivity contribution >= 4 is 5.91 Å². The predicted octanol–water partition coefficient (Wildman–Crippen LogP) is 4.04. The summed E-state index contributed by atoms with van der Waals surface area (Å²) in [4.78, 5) is 15.8. The maximum absolute atomic E-state index is 13.5. The first kappa shape index (κ1) is 21.0. The van der Waals surface area contributed by atoms with Crippen LogP contribution in [0.1, 0.15) is 31.2 Å². The van der Waals surface area contributed by atoms with Gasteiger partial charge in [0.1, 0.15) is 5.82 Å². The summed E-state index contributed by atoms with van der Waals surface area (Å²) >= 11 is 0. The predicted molar refractivity (Wildman–Crippen MR) is 117 cm³/mol. The topological polar surface area (TPSA) is 41.6 Å². The Morgan fingerprint density at radius 1 is 1.17 bits per heavy atom. The summed E-state index contributed by atoms with van der Waals surface area (Å²) in [5.74, 6) is -0.0700. The number of halogens is 1. The Hall–Kier alpha value is -2.24. The first-order valence-corrected chi connectivity index (χ1v) is 11.0. The van der Waals surface area contributed by atoms with Crippen LogP contribution in [-0.4, -0.2) is 50.2 Å². The van der Waals surface area contributed by atoms with Gasteiger partial charge in [0.15, 0.2) is 0 Å². The molecule has 0 radical (unpaired) electrons. The van der Waals surface area contributed by atoms with E-state index in [2.05, 4.69) is 29.4 Å². The zero-order chi connectivity index (χ0) is 21.0. The van der Waals surface area contributed by atoms with E-state index < -0.39 is 5.41 Å². The van der Waals surface area contributed by atoms with Crippen LogP contribution in [0.4, 0.5) is 4.39 Å². The molecule has 2 aliphatic rings. The zero-order valence-corrected chi connectivity index (χ0v) is 17.7. The average Bonchev–Trinajstić information content (AvgIpc) is 2.75. The van der Waals surface area contributed by atoms with Gasteiger partial charge in [-0.3, -0.25) is 4.79 Å². The average molecular weight is 411 g/mol. The van der Waals surface area contributed by atoms with Crippen LogP contribution in [0.15, 0.2) is 48.5 Å². The van der Waals surface area contributed by atoms with E-state index in [0.29, 0.717) is 19.6 Å². The summed E-state index contributed by atoms with van der Waals surface area (Å²) in [5, 5.41) is 3.35. The van der Waals surface area contributed by atoms with Crippen molar-refractivity contribution < 1.29 is 13.9 Å². The standard InChI is InChI=1S/C25H31FN2O2/c1-28-13-3-6-23(18-28)27-24(29)25(11-14-30-15-12-25)17-19-4-2-5-21(16-19)20-7-9-22(26)10-8-20/h2,4-5,7-10,16,23H,3,6,11-15,17-18H2,1H3,(H,27,29)/t23-/m1/s1. The maximum Gasteiger partial charge on any atom is 0.226 e. The minimum atomic E-state index is -0.435. The Labute approximate surface area is 178 Å². The molecule has 2 fully saturated rings.